The molecule has 19 heavy (non-hydrogen) atoms. The summed E-state index contributed by atoms with van der Waals surface area (Å²) in [6.07, 6.45) is 5.80. The number of rotatable bonds is 6. The van der Waals surface area contributed by atoms with Gasteiger partial charge in [-0.25, -0.2) is 4.98 Å². The Kier molecular flexibility index (Phi) is 3.89. The summed E-state index contributed by atoms with van der Waals surface area (Å²) in [5, 5.41) is 6.74. The summed E-state index contributed by atoms with van der Waals surface area (Å²) in [4.78, 5) is 8.98. The SMILES string of the molecule is CCCC1CC1NCc1csc(-c2ccccn2)n1. The quantitative estimate of drug-likeness (QED) is 0.875. The second-order valence-corrected chi connectivity index (χ2v) is 5.99. The molecular weight excluding hydrogens is 254 g/mol. The van der Waals surface area contributed by atoms with E-state index >= 15 is 0 Å². The van der Waals surface area contributed by atoms with E-state index in [9.17, 15) is 0 Å². The third-order valence-corrected chi connectivity index (χ3v) is 4.48. The zero-order chi connectivity index (χ0) is 13.1. The van der Waals surface area contributed by atoms with Crippen LogP contribution in [0, 0.1) is 5.92 Å². The van der Waals surface area contributed by atoms with Gasteiger partial charge in [0.2, 0.25) is 0 Å². The lowest BCUT2D eigenvalue weighted by Gasteiger charge is -2.00. The van der Waals surface area contributed by atoms with Crippen LogP contribution in [0.3, 0.4) is 0 Å². The minimum atomic E-state index is 0.722. The first-order valence-corrected chi connectivity index (χ1v) is 7.84. The van der Waals surface area contributed by atoms with Crippen LogP contribution in [0.5, 0.6) is 0 Å². The molecule has 0 saturated heterocycles. The zero-order valence-electron chi connectivity index (χ0n) is 11.2. The van der Waals surface area contributed by atoms with E-state index in [1.165, 1.54) is 19.3 Å². The highest BCUT2D eigenvalue weighted by molar-refractivity contribution is 7.13. The Morgan fingerprint density at radius 3 is 3.16 bits per heavy atom. The van der Waals surface area contributed by atoms with Gasteiger partial charge in [-0.05, 0) is 30.9 Å². The van der Waals surface area contributed by atoms with Crippen LogP contribution in [-0.4, -0.2) is 16.0 Å². The first-order valence-electron chi connectivity index (χ1n) is 6.96. The van der Waals surface area contributed by atoms with Gasteiger partial charge in [0.1, 0.15) is 5.01 Å². The number of thiazole rings is 1. The van der Waals surface area contributed by atoms with Crippen molar-refractivity contribution in [1.29, 1.82) is 0 Å². The van der Waals surface area contributed by atoms with Crippen molar-refractivity contribution < 1.29 is 0 Å². The van der Waals surface area contributed by atoms with Gasteiger partial charge < -0.3 is 5.32 Å². The average Bonchev–Trinajstić information content (AvgIpc) is 3.02. The highest BCUT2D eigenvalue weighted by atomic mass is 32.1. The highest BCUT2D eigenvalue weighted by Gasteiger charge is 2.35. The zero-order valence-corrected chi connectivity index (χ0v) is 12.0. The molecule has 3 rings (SSSR count). The van der Waals surface area contributed by atoms with Crippen LogP contribution in [0.4, 0.5) is 0 Å². The minimum Gasteiger partial charge on any atom is -0.308 e. The summed E-state index contributed by atoms with van der Waals surface area (Å²) in [5.41, 5.74) is 2.10. The first-order chi connectivity index (χ1) is 9.36. The number of pyridine rings is 1. The summed E-state index contributed by atoms with van der Waals surface area (Å²) in [5.74, 6) is 0.902. The normalized spacial score (nSPS) is 21.5. The maximum atomic E-state index is 4.64. The Morgan fingerprint density at radius 2 is 2.37 bits per heavy atom. The Morgan fingerprint density at radius 1 is 1.42 bits per heavy atom. The summed E-state index contributed by atoms with van der Waals surface area (Å²) < 4.78 is 0. The fourth-order valence-electron chi connectivity index (χ4n) is 2.42. The first kappa shape index (κ1) is 12.8. The van der Waals surface area contributed by atoms with Crippen molar-refractivity contribution in [2.45, 2.75) is 38.8 Å². The smallest absolute Gasteiger partial charge is 0.142 e. The van der Waals surface area contributed by atoms with Crippen LogP contribution in [0.15, 0.2) is 29.8 Å². The topological polar surface area (TPSA) is 37.8 Å². The van der Waals surface area contributed by atoms with Gasteiger partial charge >= 0.3 is 0 Å². The predicted octanol–water partition coefficient (Wildman–Crippen LogP) is 3.48. The van der Waals surface area contributed by atoms with Gasteiger partial charge in [0, 0.05) is 24.2 Å². The van der Waals surface area contributed by atoms with Gasteiger partial charge in [-0.15, -0.1) is 11.3 Å². The third kappa shape index (κ3) is 3.19. The van der Waals surface area contributed by atoms with Crippen molar-refractivity contribution >= 4 is 11.3 Å². The van der Waals surface area contributed by atoms with Gasteiger partial charge in [0.05, 0.1) is 11.4 Å². The van der Waals surface area contributed by atoms with E-state index in [-0.39, 0.29) is 0 Å². The maximum absolute atomic E-state index is 4.64. The molecule has 4 heteroatoms. The maximum Gasteiger partial charge on any atom is 0.142 e. The molecule has 100 valence electrons. The molecule has 1 fully saturated rings. The van der Waals surface area contributed by atoms with Crippen LogP contribution in [-0.2, 0) is 6.54 Å². The van der Waals surface area contributed by atoms with E-state index in [2.05, 4.69) is 27.6 Å². The molecule has 0 amide bonds. The fraction of sp³-hybridized carbons (Fsp3) is 0.467. The molecular formula is C15H19N3S. The largest absolute Gasteiger partial charge is 0.308 e. The second kappa shape index (κ2) is 5.80. The highest BCUT2D eigenvalue weighted by Crippen LogP contribution is 2.34. The minimum absolute atomic E-state index is 0.722. The summed E-state index contributed by atoms with van der Waals surface area (Å²) in [6, 6.07) is 6.66. The molecule has 2 aromatic rings. The summed E-state index contributed by atoms with van der Waals surface area (Å²) in [6.45, 7) is 3.14. The fourth-order valence-corrected chi connectivity index (χ4v) is 3.21. The second-order valence-electron chi connectivity index (χ2n) is 5.13. The summed E-state index contributed by atoms with van der Waals surface area (Å²) >= 11 is 1.67. The molecule has 3 nitrogen and oxygen atoms in total. The van der Waals surface area contributed by atoms with Gasteiger partial charge in [-0.3, -0.25) is 4.98 Å². The third-order valence-electron chi connectivity index (χ3n) is 3.56. The lowest BCUT2D eigenvalue weighted by atomic mass is 10.2. The number of nitrogens with zero attached hydrogens (tertiary/aromatic N) is 2. The van der Waals surface area contributed by atoms with E-state index in [0.717, 1.165) is 34.9 Å². The average molecular weight is 273 g/mol. The van der Waals surface area contributed by atoms with E-state index in [0.29, 0.717) is 0 Å². The molecule has 2 aromatic heterocycles. The molecule has 2 unspecified atom stereocenters. The van der Waals surface area contributed by atoms with Gasteiger partial charge in [0.15, 0.2) is 0 Å². The van der Waals surface area contributed by atoms with Gasteiger partial charge in [0.25, 0.3) is 0 Å². The number of hydrogen-bond donors (Lipinski definition) is 1. The molecule has 0 bridgehead atoms. The van der Waals surface area contributed by atoms with Crippen LogP contribution < -0.4 is 5.32 Å². The van der Waals surface area contributed by atoms with Crippen molar-refractivity contribution in [3.63, 3.8) is 0 Å². The standard InChI is InChI=1S/C15H19N3S/c1-2-5-11-8-14(11)17-9-12-10-19-15(18-12)13-6-3-4-7-16-13/h3-4,6-7,10-11,14,17H,2,5,8-9H2,1H3. The van der Waals surface area contributed by atoms with E-state index in [4.69, 9.17) is 0 Å². The van der Waals surface area contributed by atoms with Crippen molar-refractivity contribution in [1.82, 2.24) is 15.3 Å². The lowest BCUT2D eigenvalue weighted by Crippen LogP contribution is -2.17. The molecule has 1 aliphatic rings. The van der Waals surface area contributed by atoms with Crippen molar-refractivity contribution in [2.24, 2.45) is 5.92 Å². The van der Waals surface area contributed by atoms with E-state index in [1.54, 1.807) is 11.3 Å². The Labute approximate surface area is 118 Å². The van der Waals surface area contributed by atoms with Crippen molar-refractivity contribution in [3.8, 4) is 10.7 Å². The molecule has 1 N–H and O–H groups in total. The number of hydrogen-bond acceptors (Lipinski definition) is 4. The van der Waals surface area contributed by atoms with E-state index < -0.39 is 0 Å². The molecule has 0 aliphatic heterocycles. The monoisotopic (exact) mass is 273 g/mol. The van der Waals surface area contributed by atoms with Crippen LogP contribution in [0.1, 0.15) is 31.9 Å². The van der Waals surface area contributed by atoms with Crippen molar-refractivity contribution in [2.75, 3.05) is 0 Å². The van der Waals surface area contributed by atoms with Crippen molar-refractivity contribution in [3.05, 3.63) is 35.5 Å². The van der Waals surface area contributed by atoms with Crippen LogP contribution in [0.25, 0.3) is 10.7 Å². The number of nitrogens with one attached hydrogen (secondary N) is 1. The Balaban J connectivity index is 1.55. The van der Waals surface area contributed by atoms with E-state index in [1.807, 2.05) is 24.4 Å². The number of aromatic nitrogens is 2. The molecule has 1 saturated carbocycles. The summed E-state index contributed by atoms with van der Waals surface area (Å²) in [7, 11) is 0. The predicted molar refractivity (Wildman–Crippen MR) is 79.0 cm³/mol. The Bertz CT molecular complexity index is 523. The molecule has 0 spiro atoms. The lowest BCUT2D eigenvalue weighted by molar-refractivity contribution is 0.595. The van der Waals surface area contributed by atoms with Gasteiger partial charge in [-0.2, -0.15) is 0 Å². The van der Waals surface area contributed by atoms with Gasteiger partial charge in [-0.1, -0.05) is 19.4 Å². The van der Waals surface area contributed by atoms with Crippen LogP contribution in [0.2, 0.25) is 0 Å². The Hall–Kier alpha value is -1.26. The molecule has 2 heterocycles. The molecule has 2 atom stereocenters. The molecule has 0 aromatic carbocycles. The molecule has 0 radical (unpaired) electrons. The van der Waals surface area contributed by atoms with Crippen LogP contribution >= 0.6 is 11.3 Å². The molecule has 1 aliphatic carbocycles.